The quantitative estimate of drug-likeness (QED) is 0.445. The van der Waals surface area contributed by atoms with E-state index in [1.165, 1.54) is 23.1 Å². The van der Waals surface area contributed by atoms with E-state index in [0.29, 0.717) is 15.9 Å². The van der Waals surface area contributed by atoms with Gasteiger partial charge in [0.1, 0.15) is 5.82 Å². The number of anilines is 2. The molecule has 1 amide bonds. The van der Waals surface area contributed by atoms with Crippen molar-refractivity contribution in [3.05, 3.63) is 56.9 Å². The van der Waals surface area contributed by atoms with Crippen LogP contribution in [0.2, 0.25) is 0 Å². The number of halogens is 4. The van der Waals surface area contributed by atoms with Gasteiger partial charge >= 0.3 is 0 Å². The lowest BCUT2D eigenvalue weighted by molar-refractivity contribution is -0.0908. The fourth-order valence-electron chi connectivity index (χ4n) is 4.81. The van der Waals surface area contributed by atoms with Crippen molar-refractivity contribution in [1.82, 2.24) is 4.90 Å². The number of hydrogen-bond donors (Lipinski definition) is 2. The molecule has 0 spiro atoms. The molecule has 2 aromatic rings. The van der Waals surface area contributed by atoms with E-state index in [4.69, 9.17) is 4.74 Å². The maximum Gasteiger partial charge on any atom is 0.256 e. The number of benzene rings is 2. The van der Waals surface area contributed by atoms with Crippen molar-refractivity contribution in [2.75, 3.05) is 25.5 Å². The van der Waals surface area contributed by atoms with Crippen LogP contribution in [0.3, 0.4) is 0 Å². The number of aliphatic hydroxyl groups is 1. The summed E-state index contributed by atoms with van der Waals surface area (Å²) in [6, 6.07) is 6.30. The number of ether oxygens (including phenoxy) is 1. The lowest BCUT2D eigenvalue weighted by atomic mass is 9.84. The summed E-state index contributed by atoms with van der Waals surface area (Å²) in [4.78, 5) is 14.5. The number of β-amino-alcohol motifs (C(OH)–C–C–N with tert-alkyl or cyclic N) is 1. The SMILES string of the molecule is CO[C@H]1CCCC1CCC1(O)CN(C(=O)c2ccc(F)c(F)c2Nc2ccc(I)cc2F)C1. The van der Waals surface area contributed by atoms with E-state index in [1.807, 2.05) is 22.6 Å². The Balaban J connectivity index is 1.46. The summed E-state index contributed by atoms with van der Waals surface area (Å²) in [5, 5.41) is 13.4. The number of amides is 1. The Morgan fingerprint density at radius 1 is 1.21 bits per heavy atom. The normalized spacial score (nSPS) is 21.7. The zero-order chi connectivity index (χ0) is 23.8. The molecule has 2 atom stereocenters. The molecule has 1 heterocycles. The van der Waals surface area contributed by atoms with Crippen molar-refractivity contribution in [2.45, 2.75) is 43.8 Å². The molecule has 1 unspecified atom stereocenters. The van der Waals surface area contributed by atoms with Gasteiger partial charge in [0.2, 0.25) is 0 Å². The first kappa shape index (κ1) is 24.3. The van der Waals surface area contributed by atoms with Gasteiger partial charge in [0.25, 0.3) is 5.91 Å². The second kappa shape index (κ2) is 9.79. The Labute approximate surface area is 204 Å². The van der Waals surface area contributed by atoms with E-state index in [0.717, 1.165) is 31.7 Å². The van der Waals surface area contributed by atoms with Crippen molar-refractivity contribution >= 4 is 39.9 Å². The summed E-state index contributed by atoms with van der Waals surface area (Å²) in [5.41, 5.74) is -1.63. The van der Waals surface area contributed by atoms with Crippen molar-refractivity contribution in [2.24, 2.45) is 5.92 Å². The topological polar surface area (TPSA) is 61.8 Å². The Hall–Kier alpha value is -1.85. The van der Waals surface area contributed by atoms with Crippen molar-refractivity contribution in [3.63, 3.8) is 0 Å². The molecule has 2 N–H and O–H groups in total. The highest BCUT2D eigenvalue weighted by molar-refractivity contribution is 14.1. The molecule has 1 aliphatic heterocycles. The summed E-state index contributed by atoms with van der Waals surface area (Å²) in [5.74, 6) is -3.22. The predicted octanol–water partition coefficient (Wildman–Crippen LogP) is 5.23. The maximum atomic E-state index is 14.6. The van der Waals surface area contributed by atoms with Crippen LogP contribution in [-0.4, -0.2) is 47.8 Å². The number of nitrogens with one attached hydrogen (secondary N) is 1. The first-order chi connectivity index (χ1) is 15.7. The van der Waals surface area contributed by atoms with Gasteiger partial charge in [-0.05, 0) is 84.5 Å². The van der Waals surface area contributed by atoms with E-state index in [9.17, 15) is 23.1 Å². The molecule has 2 fully saturated rings. The van der Waals surface area contributed by atoms with Crippen LogP contribution >= 0.6 is 22.6 Å². The van der Waals surface area contributed by atoms with Crippen LogP contribution in [0.25, 0.3) is 0 Å². The molecule has 0 aromatic heterocycles. The number of likely N-dealkylation sites (tertiary alicyclic amines) is 1. The molecule has 178 valence electrons. The molecule has 1 saturated heterocycles. The zero-order valence-corrected chi connectivity index (χ0v) is 20.4. The highest BCUT2D eigenvalue weighted by atomic mass is 127. The van der Waals surface area contributed by atoms with Crippen LogP contribution in [0.1, 0.15) is 42.5 Å². The maximum absolute atomic E-state index is 14.6. The largest absolute Gasteiger partial charge is 0.386 e. The smallest absolute Gasteiger partial charge is 0.256 e. The van der Waals surface area contributed by atoms with Gasteiger partial charge in [-0.2, -0.15) is 0 Å². The van der Waals surface area contributed by atoms with Crippen molar-refractivity contribution in [1.29, 1.82) is 0 Å². The van der Waals surface area contributed by atoms with E-state index >= 15 is 0 Å². The number of carbonyl (C=O) groups excluding carboxylic acids is 1. The van der Waals surface area contributed by atoms with E-state index in [2.05, 4.69) is 5.32 Å². The summed E-state index contributed by atoms with van der Waals surface area (Å²) < 4.78 is 49.0. The van der Waals surface area contributed by atoms with Crippen LogP contribution in [-0.2, 0) is 4.74 Å². The Bertz CT molecular complexity index is 1050. The molecule has 0 radical (unpaired) electrons. The van der Waals surface area contributed by atoms with Crippen molar-refractivity contribution < 1.29 is 27.8 Å². The van der Waals surface area contributed by atoms with E-state index in [-0.39, 0.29) is 30.4 Å². The van der Waals surface area contributed by atoms with Crippen LogP contribution in [0.5, 0.6) is 0 Å². The molecule has 5 nitrogen and oxygen atoms in total. The summed E-state index contributed by atoms with van der Waals surface area (Å²) in [6.45, 7) is 0.207. The van der Waals surface area contributed by atoms with Crippen molar-refractivity contribution in [3.8, 4) is 0 Å². The fourth-order valence-corrected chi connectivity index (χ4v) is 5.26. The van der Waals surface area contributed by atoms with Gasteiger partial charge in [0, 0.05) is 10.7 Å². The van der Waals surface area contributed by atoms with Gasteiger partial charge in [0.15, 0.2) is 11.6 Å². The molecule has 4 rings (SSSR count). The standard InChI is InChI=1S/C24H26F3IN2O3/c1-33-20-4-2-3-14(20)9-10-24(32)12-30(13-24)23(31)16-6-7-17(25)21(27)22(16)29-19-8-5-15(28)11-18(19)26/h5-8,11,14,20,29,32H,2-4,9-10,12-13H2,1H3/t14?,20-/m0/s1. The minimum Gasteiger partial charge on any atom is -0.386 e. The number of rotatable bonds is 7. The summed E-state index contributed by atoms with van der Waals surface area (Å²) in [7, 11) is 1.71. The van der Waals surface area contributed by atoms with Crippen LogP contribution in [0.15, 0.2) is 30.3 Å². The molecule has 1 saturated carbocycles. The van der Waals surface area contributed by atoms with E-state index in [1.54, 1.807) is 13.2 Å². The second-order valence-corrected chi connectivity index (χ2v) is 10.2. The van der Waals surface area contributed by atoms with Crippen LogP contribution < -0.4 is 5.32 Å². The Morgan fingerprint density at radius 2 is 1.97 bits per heavy atom. The van der Waals surface area contributed by atoms with Gasteiger partial charge < -0.3 is 20.1 Å². The van der Waals surface area contributed by atoms with Crippen LogP contribution in [0.4, 0.5) is 24.5 Å². The zero-order valence-electron chi connectivity index (χ0n) is 18.2. The first-order valence-electron chi connectivity index (χ1n) is 11.0. The van der Waals surface area contributed by atoms with Crippen LogP contribution in [0, 0.1) is 26.9 Å². The van der Waals surface area contributed by atoms with E-state index < -0.39 is 34.6 Å². The average molecular weight is 574 g/mol. The summed E-state index contributed by atoms with van der Waals surface area (Å²) in [6.07, 6.45) is 4.76. The molecular formula is C24H26F3IN2O3. The minimum absolute atomic E-state index is 0.0710. The molecule has 2 aliphatic rings. The number of methoxy groups -OCH3 is 1. The number of hydrogen-bond acceptors (Lipinski definition) is 4. The summed E-state index contributed by atoms with van der Waals surface area (Å²) >= 11 is 1.94. The molecule has 33 heavy (non-hydrogen) atoms. The minimum atomic E-state index is -1.26. The predicted molar refractivity (Wildman–Crippen MR) is 127 cm³/mol. The van der Waals surface area contributed by atoms with Gasteiger partial charge in [-0.15, -0.1) is 0 Å². The second-order valence-electron chi connectivity index (χ2n) is 8.92. The molecule has 0 bridgehead atoms. The van der Waals surface area contributed by atoms with Gasteiger partial charge in [-0.25, -0.2) is 13.2 Å². The number of carbonyl (C=O) groups is 1. The number of nitrogens with zero attached hydrogens (tertiary/aromatic N) is 1. The monoisotopic (exact) mass is 574 g/mol. The molecule has 2 aromatic carbocycles. The third-order valence-corrected chi connectivity index (χ3v) is 7.32. The average Bonchev–Trinajstić information content (AvgIpc) is 3.22. The highest BCUT2D eigenvalue weighted by Crippen LogP contribution is 2.37. The Kier molecular flexibility index (Phi) is 7.20. The highest BCUT2D eigenvalue weighted by Gasteiger charge is 2.45. The molecular weight excluding hydrogens is 548 g/mol. The van der Waals surface area contributed by atoms with Gasteiger partial charge in [-0.3, -0.25) is 4.79 Å². The molecule has 9 heteroatoms. The third-order valence-electron chi connectivity index (χ3n) is 6.65. The first-order valence-corrected chi connectivity index (χ1v) is 12.0. The fraction of sp³-hybridized carbons (Fsp3) is 0.458. The third kappa shape index (κ3) is 5.14. The lowest BCUT2D eigenvalue weighted by Crippen LogP contribution is -2.63. The van der Waals surface area contributed by atoms with Gasteiger partial charge in [0.05, 0.1) is 41.7 Å². The Morgan fingerprint density at radius 3 is 2.67 bits per heavy atom. The molecule has 1 aliphatic carbocycles. The van der Waals surface area contributed by atoms with Gasteiger partial charge in [-0.1, -0.05) is 6.42 Å². The lowest BCUT2D eigenvalue weighted by Gasteiger charge is -2.47.